The van der Waals surface area contributed by atoms with Gasteiger partial charge in [-0.2, -0.15) is 0 Å². The lowest BCUT2D eigenvalue weighted by molar-refractivity contribution is 0.0979. The standard InChI is InChI=1S/C14H7Br2NO2/c15-17(16)11-7-3-6-10-12(11)14(19)9-5-2-1-4-8(9)13(10)18/h1-7H. The minimum absolute atomic E-state index is 0.117. The Morgan fingerprint density at radius 3 is 1.95 bits per heavy atom. The number of benzene rings is 2. The van der Waals surface area contributed by atoms with E-state index in [1.807, 2.05) is 0 Å². The number of carbonyl (C=O) groups excluding carboxylic acids is 2. The van der Waals surface area contributed by atoms with E-state index in [1.165, 1.54) is 2.95 Å². The summed E-state index contributed by atoms with van der Waals surface area (Å²) in [7, 11) is 0. The summed E-state index contributed by atoms with van der Waals surface area (Å²) in [5, 5.41) is 0. The Labute approximate surface area is 126 Å². The molecule has 0 N–H and O–H groups in total. The van der Waals surface area contributed by atoms with Gasteiger partial charge in [0.1, 0.15) is 0 Å². The maximum atomic E-state index is 12.6. The molecule has 0 fully saturated rings. The fourth-order valence-electron chi connectivity index (χ4n) is 2.27. The summed E-state index contributed by atoms with van der Waals surface area (Å²) in [5.41, 5.74) is 2.39. The van der Waals surface area contributed by atoms with E-state index in [4.69, 9.17) is 0 Å². The minimum atomic E-state index is -0.135. The normalized spacial score (nSPS) is 12.9. The third-order valence-electron chi connectivity index (χ3n) is 3.11. The van der Waals surface area contributed by atoms with Crippen LogP contribution in [0.1, 0.15) is 31.8 Å². The van der Waals surface area contributed by atoms with Crippen LogP contribution in [0.15, 0.2) is 42.5 Å². The predicted octanol–water partition coefficient (Wildman–Crippen LogP) is 3.89. The average Bonchev–Trinajstić information content (AvgIpc) is 2.44. The Hall–Kier alpha value is -1.46. The zero-order valence-corrected chi connectivity index (χ0v) is 12.7. The van der Waals surface area contributed by atoms with Gasteiger partial charge in [0.2, 0.25) is 0 Å². The quantitative estimate of drug-likeness (QED) is 0.601. The molecule has 0 spiro atoms. The molecule has 0 saturated carbocycles. The maximum Gasteiger partial charge on any atom is 0.196 e. The predicted molar refractivity (Wildman–Crippen MR) is 80.1 cm³/mol. The Morgan fingerprint density at radius 1 is 0.737 bits per heavy atom. The molecule has 1 aliphatic carbocycles. The van der Waals surface area contributed by atoms with Crippen molar-refractivity contribution in [2.75, 3.05) is 2.95 Å². The van der Waals surface area contributed by atoms with Gasteiger partial charge >= 0.3 is 0 Å². The second-order valence-electron chi connectivity index (χ2n) is 4.14. The average molecular weight is 381 g/mol. The lowest BCUT2D eigenvalue weighted by atomic mass is 9.83. The highest BCUT2D eigenvalue weighted by molar-refractivity contribution is 9.25. The Bertz CT molecular complexity index is 710. The molecule has 0 saturated heterocycles. The van der Waals surface area contributed by atoms with Crippen LogP contribution in [0, 0.1) is 0 Å². The first-order valence-corrected chi connectivity index (χ1v) is 6.96. The van der Waals surface area contributed by atoms with Crippen molar-refractivity contribution >= 4 is 49.5 Å². The van der Waals surface area contributed by atoms with Gasteiger partial charge in [0.25, 0.3) is 0 Å². The van der Waals surface area contributed by atoms with Crippen LogP contribution in [0.3, 0.4) is 0 Å². The molecule has 0 aliphatic heterocycles. The lowest BCUT2D eigenvalue weighted by Gasteiger charge is -2.21. The van der Waals surface area contributed by atoms with E-state index in [-0.39, 0.29) is 11.6 Å². The van der Waals surface area contributed by atoms with Gasteiger partial charge in [-0.15, -0.1) is 0 Å². The third kappa shape index (κ3) is 1.84. The molecule has 0 unspecified atom stereocenters. The fourth-order valence-corrected chi connectivity index (χ4v) is 2.86. The second-order valence-corrected chi connectivity index (χ2v) is 6.51. The first-order chi connectivity index (χ1) is 9.11. The van der Waals surface area contributed by atoms with Crippen LogP contribution < -0.4 is 2.95 Å². The molecule has 1 aliphatic rings. The number of nitrogens with zero attached hydrogens (tertiary/aromatic N) is 1. The molecule has 3 nitrogen and oxygen atoms in total. The van der Waals surface area contributed by atoms with Crippen LogP contribution in [0.25, 0.3) is 0 Å². The first kappa shape index (κ1) is 12.6. The van der Waals surface area contributed by atoms with E-state index in [2.05, 4.69) is 32.3 Å². The van der Waals surface area contributed by atoms with Crippen molar-refractivity contribution in [2.24, 2.45) is 0 Å². The van der Waals surface area contributed by atoms with Crippen molar-refractivity contribution in [3.63, 3.8) is 0 Å². The largest absolute Gasteiger partial charge is 0.289 e. The number of rotatable bonds is 1. The zero-order chi connectivity index (χ0) is 13.6. The Morgan fingerprint density at radius 2 is 1.32 bits per heavy atom. The number of carbonyl (C=O) groups is 2. The molecule has 3 rings (SSSR count). The summed E-state index contributed by atoms with van der Waals surface area (Å²) in [6.07, 6.45) is 0. The molecule has 0 heterocycles. The molecule has 0 bridgehead atoms. The molecule has 0 amide bonds. The van der Waals surface area contributed by atoms with E-state index in [9.17, 15) is 9.59 Å². The number of hydrogen-bond donors (Lipinski definition) is 0. The molecule has 0 aromatic heterocycles. The Kier molecular flexibility index (Phi) is 3.03. The second kappa shape index (κ2) is 4.58. The van der Waals surface area contributed by atoms with Gasteiger partial charge in [-0.1, -0.05) is 36.4 Å². The van der Waals surface area contributed by atoms with Crippen LogP contribution in [-0.2, 0) is 0 Å². The molecule has 5 heteroatoms. The van der Waals surface area contributed by atoms with Gasteiger partial charge in [0, 0.05) is 16.7 Å². The zero-order valence-electron chi connectivity index (χ0n) is 9.56. The highest BCUT2D eigenvalue weighted by Crippen LogP contribution is 2.35. The van der Waals surface area contributed by atoms with Crippen LogP contribution in [-0.4, -0.2) is 11.6 Å². The molecule has 19 heavy (non-hydrogen) atoms. The SMILES string of the molecule is O=C1c2ccccc2C(=O)c2c1cccc2N(Br)Br. The van der Waals surface area contributed by atoms with Gasteiger partial charge < -0.3 is 0 Å². The van der Waals surface area contributed by atoms with E-state index >= 15 is 0 Å². The van der Waals surface area contributed by atoms with Gasteiger partial charge in [0.05, 0.1) is 43.5 Å². The lowest BCUT2D eigenvalue weighted by Crippen LogP contribution is -2.22. The topological polar surface area (TPSA) is 37.4 Å². The highest BCUT2D eigenvalue weighted by atomic mass is 79.9. The van der Waals surface area contributed by atoms with Crippen LogP contribution in [0.2, 0.25) is 0 Å². The molecule has 2 aromatic carbocycles. The number of anilines is 1. The van der Waals surface area contributed by atoms with Crippen LogP contribution >= 0.6 is 32.3 Å². The van der Waals surface area contributed by atoms with Crippen molar-refractivity contribution in [3.05, 3.63) is 64.7 Å². The van der Waals surface area contributed by atoms with Gasteiger partial charge in [-0.25, -0.2) is 2.95 Å². The van der Waals surface area contributed by atoms with Crippen LogP contribution in [0.5, 0.6) is 0 Å². The third-order valence-corrected chi connectivity index (χ3v) is 3.88. The minimum Gasteiger partial charge on any atom is -0.289 e. The van der Waals surface area contributed by atoms with Crippen molar-refractivity contribution in [1.82, 2.24) is 0 Å². The molecule has 2 aromatic rings. The van der Waals surface area contributed by atoms with Crippen molar-refractivity contribution in [2.45, 2.75) is 0 Å². The van der Waals surface area contributed by atoms with Gasteiger partial charge in [-0.3, -0.25) is 9.59 Å². The molecule has 0 atom stereocenters. The number of ketones is 2. The Balaban J connectivity index is 2.33. The highest BCUT2D eigenvalue weighted by Gasteiger charge is 2.32. The summed E-state index contributed by atoms with van der Waals surface area (Å²) in [6, 6.07) is 12.1. The van der Waals surface area contributed by atoms with E-state index in [0.717, 1.165) is 0 Å². The van der Waals surface area contributed by atoms with E-state index in [1.54, 1.807) is 42.5 Å². The van der Waals surface area contributed by atoms with Crippen molar-refractivity contribution in [1.29, 1.82) is 0 Å². The molecular formula is C14H7Br2NO2. The summed E-state index contributed by atoms with van der Waals surface area (Å²) in [5.74, 6) is -0.251. The summed E-state index contributed by atoms with van der Waals surface area (Å²) in [6.45, 7) is 0. The summed E-state index contributed by atoms with van der Waals surface area (Å²) in [4.78, 5) is 25.0. The number of halogens is 2. The molecule has 0 radical (unpaired) electrons. The van der Waals surface area contributed by atoms with Crippen molar-refractivity contribution < 1.29 is 9.59 Å². The number of hydrogen-bond acceptors (Lipinski definition) is 3. The van der Waals surface area contributed by atoms with E-state index in [0.29, 0.717) is 27.9 Å². The summed E-state index contributed by atoms with van der Waals surface area (Å²) >= 11 is 6.47. The number of fused-ring (bicyclic) bond motifs is 2. The van der Waals surface area contributed by atoms with Crippen molar-refractivity contribution in [3.8, 4) is 0 Å². The smallest absolute Gasteiger partial charge is 0.196 e. The molecule has 94 valence electrons. The van der Waals surface area contributed by atoms with E-state index < -0.39 is 0 Å². The van der Waals surface area contributed by atoms with Gasteiger partial charge in [0.15, 0.2) is 11.6 Å². The monoisotopic (exact) mass is 379 g/mol. The van der Waals surface area contributed by atoms with Gasteiger partial charge in [-0.05, 0) is 6.07 Å². The summed E-state index contributed by atoms with van der Waals surface area (Å²) < 4.78 is 1.48. The fraction of sp³-hybridized carbons (Fsp3) is 0. The van der Waals surface area contributed by atoms with Crippen LogP contribution in [0.4, 0.5) is 5.69 Å². The first-order valence-electron chi connectivity index (χ1n) is 5.54. The maximum absolute atomic E-state index is 12.6. The molecular weight excluding hydrogens is 374 g/mol.